The summed E-state index contributed by atoms with van der Waals surface area (Å²) in [5.74, 6) is 0. The van der Waals surface area contributed by atoms with Gasteiger partial charge in [0.2, 0.25) is 0 Å². The Morgan fingerprint density at radius 2 is 2.46 bits per heavy atom. The summed E-state index contributed by atoms with van der Waals surface area (Å²) in [7, 11) is 0. The van der Waals surface area contributed by atoms with E-state index in [4.69, 9.17) is 11.6 Å². The maximum atomic E-state index is 9.73. The summed E-state index contributed by atoms with van der Waals surface area (Å²) in [6, 6.07) is 2.45. The number of hydrogen-bond acceptors (Lipinski definition) is 3. The molecular weight excluding hydrogens is 206 g/mol. The molecule has 4 heteroatoms. The Kier molecular flexibility index (Phi) is 2.89. The minimum atomic E-state index is -0.451. The normalized spacial score (nSPS) is 18.9. The average molecular weight is 218 g/mol. The number of hydrogen-bond donors (Lipinski definition) is 2. The SMILES string of the molecule is OC(CNC1CC1)c1sccc1Cl. The fourth-order valence-electron chi connectivity index (χ4n) is 1.20. The highest BCUT2D eigenvalue weighted by molar-refractivity contribution is 7.10. The fraction of sp³-hybridized carbons (Fsp3) is 0.556. The van der Waals surface area contributed by atoms with Gasteiger partial charge in [-0.1, -0.05) is 11.6 Å². The van der Waals surface area contributed by atoms with Crippen molar-refractivity contribution in [3.8, 4) is 0 Å². The van der Waals surface area contributed by atoms with Gasteiger partial charge in [0.05, 0.1) is 9.90 Å². The Balaban J connectivity index is 1.88. The number of nitrogens with one attached hydrogen (secondary N) is 1. The number of aliphatic hydroxyl groups is 1. The minimum absolute atomic E-state index is 0.451. The molecule has 13 heavy (non-hydrogen) atoms. The Morgan fingerprint density at radius 1 is 1.69 bits per heavy atom. The average Bonchev–Trinajstić information content (AvgIpc) is 2.84. The van der Waals surface area contributed by atoms with E-state index in [1.54, 1.807) is 0 Å². The van der Waals surface area contributed by atoms with Gasteiger partial charge in [0.15, 0.2) is 0 Å². The zero-order chi connectivity index (χ0) is 9.26. The van der Waals surface area contributed by atoms with Gasteiger partial charge in [0, 0.05) is 12.6 Å². The van der Waals surface area contributed by atoms with Crippen molar-refractivity contribution in [1.29, 1.82) is 0 Å². The zero-order valence-corrected chi connectivity index (χ0v) is 8.74. The van der Waals surface area contributed by atoms with E-state index in [-0.39, 0.29) is 0 Å². The molecule has 1 heterocycles. The second-order valence-electron chi connectivity index (χ2n) is 3.33. The quantitative estimate of drug-likeness (QED) is 0.811. The zero-order valence-electron chi connectivity index (χ0n) is 7.16. The van der Waals surface area contributed by atoms with E-state index in [1.165, 1.54) is 24.2 Å². The van der Waals surface area contributed by atoms with Gasteiger partial charge in [0.25, 0.3) is 0 Å². The third-order valence-corrected chi connectivity index (χ3v) is 3.58. The van der Waals surface area contributed by atoms with Crippen LogP contribution in [0.4, 0.5) is 0 Å². The molecule has 2 nitrogen and oxygen atoms in total. The van der Waals surface area contributed by atoms with Crippen LogP contribution in [0.5, 0.6) is 0 Å². The maximum absolute atomic E-state index is 9.73. The molecular formula is C9H12ClNOS. The Bertz CT molecular complexity index is 285. The number of rotatable bonds is 4. The van der Waals surface area contributed by atoms with Crippen molar-refractivity contribution in [3.05, 3.63) is 21.3 Å². The lowest BCUT2D eigenvalue weighted by molar-refractivity contribution is 0.178. The van der Waals surface area contributed by atoms with Gasteiger partial charge in [0.1, 0.15) is 6.10 Å². The van der Waals surface area contributed by atoms with Crippen molar-refractivity contribution in [3.63, 3.8) is 0 Å². The first kappa shape index (κ1) is 9.46. The van der Waals surface area contributed by atoms with Crippen LogP contribution in [-0.2, 0) is 0 Å². The summed E-state index contributed by atoms with van der Waals surface area (Å²) in [6.07, 6.45) is 2.03. The van der Waals surface area contributed by atoms with Gasteiger partial charge >= 0.3 is 0 Å². The molecule has 0 aliphatic heterocycles. The van der Waals surface area contributed by atoms with E-state index in [1.807, 2.05) is 11.4 Å². The highest BCUT2D eigenvalue weighted by Gasteiger charge is 2.22. The molecule has 0 radical (unpaired) electrons. The van der Waals surface area contributed by atoms with Crippen LogP contribution in [-0.4, -0.2) is 17.7 Å². The molecule has 1 fully saturated rings. The molecule has 1 atom stereocenters. The van der Waals surface area contributed by atoms with E-state index >= 15 is 0 Å². The third-order valence-electron chi connectivity index (χ3n) is 2.12. The molecule has 2 N–H and O–H groups in total. The molecule has 1 aromatic heterocycles. The molecule has 0 spiro atoms. The second kappa shape index (κ2) is 3.96. The summed E-state index contributed by atoms with van der Waals surface area (Å²) in [6.45, 7) is 0.616. The molecule has 1 aliphatic rings. The van der Waals surface area contributed by atoms with E-state index in [0.29, 0.717) is 17.6 Å². The lowest BCUT2D eigenvalue weighted by atomic mass is 10.3. The number of thiophene rings is 1. The predicted octanol–water partition coefficient (Wildman–Crippen LogP) is 2.19. The summed E-state index contributed by atoms with van der Waals surface area (Å²) >= 11 is 7.40. The van der Waals surface area contributed by atoms with Crippen LogP contribution in [0.2, 0.25) is 5.02 Å². The number of halogens is 1. The first-order chi connectivity index (χ1) is 6.27. The third kappa shape index (κ3) is 2.44. The fourth-order valence-corrected chi connectivity index (χ4v) is 2.37. The van der Waals surface area contributed by atoms with Crippen LogP contribution < -0.4 is 5.32 Å². The van der Waals surface area contributed by atoms with Gasteiger partial charge in [-0.15, -0.1) is 11.3 Å². The molecule has 72 valence electrons. The van der Waals surface area contributed by atoms with Gasteiger partial charge < -0.3 is 10.4 Å². The van der Waals surface area contributed by atoms with E-state index in [9.17, 15) is 5.11 Å². The first-order valence-electron chi connectivity index (χ1n) is 4.41. The van der Waals surface area contributed by atoms with Crippen LogP contribution in [0, 0.1) is 0 Å². The molecule has 0 bridgehead atoms. The first-order valence-corrected chi connectivity index (χ1v) is 5.67. The lowest BCUT2D eigenvalue weighted by Gasteiger charge is -2.09. The Morgan fingerprint density at radius 3 is 3.00 bits per heavy atom. The van der Waals surface area contributed by atoms with Gasteiger partial charge in [-0.2, -0.15) is 0 Å². The molecule has 0 amide bonds. The molecule has 0 aromatic carbocycles. The van der Waals surface area contributed by atoms with Crippen molar-refractivity contribution < 1.29 is 5.11 Å². The largest absolute Gasteiger partial charge is 0.386 e. The van der Waals surface area contributed by atoms with Crippen LogP contribution >= 0.6 is 22.9 Å². The van der Waals surface area contributed by atoms with Crippen LogP contribution in [0.1, 0.15) is 23.8 Å². The van der Waals surface area contributed by atoms with Crippen molar-refractivity contribution in [2.75, 3.05) is 6.54 Å². The van der Waals surface area contributed by atoms with Crippen molar-refractivity contribution in [2.24, 2.45) is 0 Å². The van der Waals surface area contributed by atoms with Crippen LogP contribution in [0.3, 0.4) is 0 Å². The topological polar surface area (TPSA) is 32.3 Å². The summed E-state index contributed by atoms with van der Waals surface area (Å²) in [4.78, 5) is 0.870. The predicted molar refractivity (Wildman–Crippen MR) is 55.3 cm³/mol. The van der Waals surface area contributed by atoms with Crippen LogP contribution in [0.25, 0.3) is 0 Å². The van der Waals surface area contributed by atoms with Gasteiger partial charge in [-0.05, 0) is 24.3 Å². The van der Waals surface area contributed by atoms with Crippen molar-refractivity contribution in [2.45, 2.75) is 25.0 Å². The standard InChI is InChI=1S/C9H12ClNOS/c10-7-3-4-13-9(7)8(12)5-11-6-1-2-6/h3-4,6,8,11-12H,1-2,5H2. The Hall–Kier alpha value is -0.0900. The highest BCUT2D eigenvalue weighted by Crippen LogP contribution is 2.29. The monoisotopic (exact) mass is 217 g/mol. The number of aliphatic hydroxyl groups excluding tert-OH is 1. The van der Waals surface area contributed by atoms with E-state index in [2.05, 4.69) is 5.32 Å². The lowest BCUT2D eigenvalue weighted by Crippen LogP contribution is -2.22. The molecule has 2 rings (SSSR count). The summed E-state index contributed by atoms with van der Waals surface area (Å²) in [5, 5.41) is 15.6. The molecule has 1 aromatic rings. The van der Waals surface area contributed by atoms with E-state index < -0.39 is 6.10 Å². The van der Waals surface area contributed by atoms with Crippen molar-refractivity contribution >= 4 is 22.9 Å². The van der Waals surface area contributed by atoms with Gasteiger partial charge in [-0.25, -0.2) is 0 Å². The maximum Gasteiger partial charge on any atom is 0.102 e. The summed E-state index contributed by atoms with van der Waals surface area (Å²) < 4.78 is 0. The van der Waals surface area contributed by atoms with E-state index in [0.717, 1.165) is 4.88 Å². The van der Waals surface area contributed by atoms with Gasteiger partial charge in [-0.3, -0.25) is 0 Å². The molecule has 1 saturated carbocycles. The smallest absolute Gasteiger partial charge is 0.102 e. The van der Waals surface area contributed by atoms with Crippen LogP contribution in [0.15, 0.2) is 11.4 Å². The summed E-state index contributed by atoms with van der Waals surface area (Å²) in [5.41, 5.74) is 0. The molecule has 1 aliphatic carbocycles. The van der Waals surface area contributed by atoms with Crippen molar-refractivity contribution in [1.82, 2.24) is 5.32 Å². The molecule has 0 saturated heterocycles. The highest BCUT2D eigenvalue weighted by atomic mass is 35.5. The second-order valence-corrected chi connectivity index (χ2v) is 4.69. The molecule has 1 unspecified atom stereocenters. The Labute approximate surface area is 86.5 Å². The minimum Gasteiger partial charge on any atom is -0.386 e.